The maximum Gasteiger partial charge on any atom is 0.326 e. The first kappa shape index (κ1) is 12.0. The first-order valence-electron chi connectivity index (χ1n) is 4.71. The van der Waals surface area contributed by atoms with E-state index in [0.29, 0.717) is 12.2 Å². The van der Waals surface area contributed by atoms with Crippen molar-refractivity contribution < 1.29 is 19.5 Å². The molecular weight excluding hydrogens is 218 g/mol. The summed E-state index contributed by atoms with van der Waals surface area (Å²) >= 11 is 3.96. The fraction of sp³-hybridized carbons (Fsp3) is 0.667. The van der Waals surface area contributed by atoms with Crippen LogP contribution in [0.1, 0.15) is 19.3 Å². The number of carboxylic acid groups (broad SMARTS) is 1. The Morgan fingerprint density at radius 2 is 2.20 bits per heavy atom. The van der Waals surface area contributed by atoms with Gasteiger partial charge in [-0.3, -0.25) is 9.59 Å². The van der Waals surface area contributed by atoms with Gasteiger partial charge in [0.15, 0.2) is 5.78 Å². The summed E-state index contributed by atoms with van der Waals surface area (Å²) in [5.74, 6) is -1.00. The van der Waals surface area contributed by atoms with Crippen LogP contribution in [-0.2, 0) is 14.4 Å². The van der Waals surface area contributed by atoms with Crippen molar-refractivity contribution in [2.24, 2.45) is 0 Å². The third kappa shape index (κ3) is 2.95. The lowest BCUT2D eigenvalue weighted by Crippen LogP contribution is -2.40. The molecule has 0 saturated carbocycles. The quantitative estimate of drug-likeness (QED) is 0.665. The second-order valence-corrected chi connectivity index (χ2v) is 3.89. The number of rotatable bonds is 4. The highest BCUT2D eigenvalue weighted by Gasteiger charge is 2.38. The zero-order valence-electron chi connectivity index (χ0n) is 8.18. The summed E-state index contributed by atoms with van der Waals surface area (Å²) in [7, 11) is 0. The second kappa shape index (κ2) is 5.16. The van der Waals surface area contributed by atoms with E-state index in [-0.39, 0.29) is 31.1 Å². The van der Waals surface area contributed by atoms with Gasteiger partial charge in [-0.05, 0) is 12.2 Å². The first-order valence-corrected chi connectivity index (χ1v) is 5.34. The number of carbonyl (C=O) groups is 3. The Morgan fingerprint density at radius 1 is 1.53 bits per heavy atom. The first-order chi connectivity index (χ1) is 7.06. The Kier molecular flexibility index (Phi) is 4.14. The van der Waals surface area contributed by atoms with Crippen LogP contribution in [0.3, 0.4) is 0 Å². The van der Waals surface area contributed by atoms with E-state index in [9.17, 15) is 14.4 Å². The number of carbonyl (C=O) groups excluding carboxylic acids is 2. The largest absolute Gasteiger partial charge is 0.480 e. The van der Waals surface area contributed by atoms with Gasteiger partial charge >= 0.3 is 5.97 Å². The standard InChI is InChI=1S/C9H13NO4S/c11-6-4-7(9(13)14)10(5-6)8(12)2-1-3-15/h7,15H,1-5H2,(H,13,14)/t7-/m0/s1. The molecule has 0 aromatic rings. The number of aliphatic carboxylic acids is 1. The lowest BCUT2D eigenvalue weighted by Gasteiger charge is -2.20. The maximum atomic E-state index is 11.5. The lowest BCUT2D eigenvalue weighted by atomic mass is 10.2. The SMILES string of the molecule is O=C1C[C@@H](C(=O)O)N(C(=O)CCCS)C1. The van der Waals surface area contributed by atoms with Gasteiger partial charge in [-0.25, -0.2) is 4.79 Å². The fourth-order valence-electron chi connectivity index (χ4n) is 1.55. The summed E-state index contributed by atoms with van der Waals surface area (Å²) in [6.07, 6.45) is 0.779. The molecule has 5 nitrogen and oxygen atoms in total. The maximum absolute atomic E-state index is 11.5. The molecule has 1 saturated heterocycles. The number of nitrogens with zero attached hydrogens (tertiary/aromatic N) is 1. The molecule has 1 aliphatic heterocycles. The fourth-order valence-corrected chi connectivity index (χ4v) is 1.71. The number of hydrogen-bond donors (Lipinski definition) is 2. The molecule has 0 spiro atoms. The smallest absolute Gasteiger partial charge is 0.326 e. The van der Waals surface area contributed by atoms with Crippen molar-refractivity contribution in [3.63, 3.8) is 0 Å². The zero-order chi connectivity index (χ0) is 11.4. The van der Waals surface area contributed by atoms with Gasteiger partial charge in [0.05, 0.1) is 6.54 Å². The molecule has 1 amide bonds. The molecule has 15 heavy (non-hydrogen) atoms. The van der Waals surface area contributed by atoms with Crippen LogP contribution in [0, 0.1) is 0 Å². The van der Waals surface area contributed by atoms with E-state index >= 15 is 0 Å². The van der Waals surface area contributed by atoms with Crippen molar-refractivity contribution in [3.05, 3.63) is 0 Å². The normalized spacial score (nSPS) is 20.7. The Labute approximate surface area is 92.8 Å². The van der Waals surface area contributed by atoms with Crippen molar-refractivity contribution in [1.29, 1.82) is 0 Å². The minimum absolute atomic E-state index is 0.0671. The summed E-state index contributed by atoms with van der Waals surface area (Å²) in [4.78, 5) is 34.5. The van der Waals surface area contributed by atoms with Crippen molar-refractivity contribution in [2.45, 2.75) is 25.3 Å². The highest BCUT2D eigenvalue weighted by atomic mass is 32.1. The monoisotopic (exact) mass is 231 g/mol. The van der Waals surface area contributed by atoms with Gasteiger partial charge in [0, 0.05) is 12.8 Å². The van der Waals surface area contributed by atoms with Gasteiger partial charge < -0.3 is 10.0 Å². The molecule has 0 bridgehead atoms. The van der Waals surface area contributed by atoms with E-state index in [1.165, 1.54) is 0 Å². The van der Waals surface area contributed by atoms with Crippen LogP contribution in [-0.4, -0.2) is 46.0 Å². The molecule has 84 valence electrons. The van der Waals surface area contributed by atoms with Crippen LogP contribution in [0.25, 0.3) is 0 Å². The van der Waals surface area contributed by atoms with E-state index in [1.54, 1.807) is 0 Å². The van der Waals surface area contributed by atoms with Gasteiger partial charge in [0.25, 0.3) is 0 Å². The minimum Gasteiger partial charge on any atom is -0.480 e. The van der Waals surface area contributed by atoms with Gasteiger partial charge in [-0.1, -0.05) is 0 Å². The predicted molar refractivity (Wildman–Crippen MR) is 55.8 cm³/mol. The molecule has 0 unspecified atom stereocenters. The van der Waals surface area contributed by atoms with E-state index in [4.69, 9.17) is 5.11 Å². The van der Waals surface area contributed by atoms with Gasteiger partial charge in [-0.15, -0.1) is 0 Å². The highest BCUT2D eigenvalue weighted by Crippen LogP contribution is 2.16. The number of amides is 1. The molecule has 1 fully saturated rings. The van der Waals surface area contributed by atoms with Gasteiger partial charge in [-0.2, -0.15) is 12.6 Å². The molecule has 1 atom stereocenters. The second-order valence-electron chi connectivity index (χ2n) is 3.45. The Hall–Kier alpha value is -1.04. The summed E-state index contributed by atoms with van der Waals surface area (Å²) in [6, 6.07) is -0.968. The number of Topliss-reactive ketones (excluding diaryl/α,β-unsaturated/α-hetero) is 1. The molecule has 0 radical (unpaired) electrons. The van der Waals surface area contributed by atoms with E-state index in [1.807, 2.05) is 0 Å². The lowest BCUT2D eigenvalue weighted by molar-refractivity contribution is -0.148. The Bertz CT molecular complexity index is 292. The molecule has 1 heterocycles. The minimum atomic E-state index is -1.11. The van der Waals surface area contributed by atoms with E-state index < -0.39 is 12.0 Å². The molecule has 1 N–H and O–H groups in total. The number of hydrogen-bond acceptors (Lipinski definition) is 4. The molecule has 6 heteroatoms. The summed E-state index contributed by atoms with van der Waals surface area (Å²) in [5.41, 5.74) is 0. The molecule has 0 aromatic heterocycles. The van der Waals surface area contributed by atoms with E-state index in [2.05, 4.69) is 12.6 Å². The van der Waals surface area contributed by atoms with Crippen molar-refractivity contribution >= 4 is 30.3 Å². The average Bonchev–Trinajstić information content (AvgIpc) is 2.57. The number of ketones is 1. The third-order valence-electron chi connectivity index (χ3n) is 2.30. The molecule has 1 rings (SSSR count). The summed E-state index contributed by atoms with van der Waals surface area (Å²) in [6.45, 7) is -0.0671. The third-order valence-corrected chi connectivity index (χ3v) is 2.61. The Morgan fingerprint density at radius 3 is 2.73 bits per heavy atom. The molecule has 0 aromatic carbocycles. The van der Waals surface area contributed by atoms with Crippen LogP contribution in [0.15, 0.2) is 0 Å². The van der Waals surface area contributed by atoms with Crippen LogP contribution in [0.4, 0.5) is 0 Å². The van der Waals surface area contributed by atoms with Crippen LogP contribution >= 0.6 is 12.6 Å². The Balaban J connectivity index is 2.62. The number of likely N-dealkylation sites (tertiary alicyclic amines) is 1. The summed E-state index contributed by atoms with van der Waals surface area (Å²) < 4.78 is 0. The molecule has 1 aliphatic rings. The highest BCUT2D eigenvalue weighted by molar-refractivity contribution is 7.80. The van der Waals surface area contributed by atoms with Gasteiger partial charge in [0.1, 0.15) is 6.04 Å². The predicted octanol–water partition coefficient (Wildman–Crippen LogP) is -0.0490. The number of carboxylic acids is 1. The van der Waals surface area contributed by atoms with Crippen molar-refractivity contribution in [2.75, 3.05) is 12.3 Å². The van der Waals surface area contributed by atoms with Crippen LogP contribution in [0.5, 0.6) is 0 Å². The zero-order valence-corrected chi connectivity index (χ0v) is 9.07. The topological polar surface area (TPSA) is 74.7 Å². The van der Waals surface area contributed by atoms with Crippen LogP contribution < -0.4 is 0 Å². The van der Waals surface area contributed by atoms with Crippen LogP contribution in [0.2, 0.25) is 0 Å². The number of thiol groups is 1. The van der Waals surface area contributed by atoms with Crippen molar-refractivity contribution in [1.82, 2.24) is 4.90 Å². The molecule has 0 aliphatic carbocycles. The van der Waals surface area contributed by atoms with Gasteiger partial charge in [0.2, 0.25) is 5.91 Å². The average molecular weight is 231 g/mol. The van der Waals surface area contributed by atoms with Crippen molar-refractivity contribution in [3.8, 4) is 0 Å². The molecular formula is C9H13NO4S. The summed E-state index contributed by atoms with van der Waals surface area (Å²) in [5, 5.41) is 8.81. The van der Waals surface area contributed by atoms with E-state index in [0.717, 1.165) is 4.90 Å².